The molecule has 1 nitrogen and oxygen atoms in total. The lowest BCUT2D eigenvalue weighted by atomic mass is 10.0. The van der Waals surface area contributed by atoms with Gasteiger partial charge in [-0.25, -0.2) is 0 Å². The van der Waals surface area contributed by atoms with Crippen LogP contribution in [0.2, 0.25) is 0 Å². The van der Waals surface area contributed by atoms with Gasteiger partial charge >= 0.3 is 0 Å². The van der Waals surface area contributed by atoms with Crippen molar-refractivity contribution in [3.8, 4) is 0 Å². The molecule has 1 N–H and O–H groups in total. The molecule has 2 aromatic rings. The maximum Gasteiger partial charge on any atom is 0.0399 e. The highest BCUT2D eigenvalue weighted by Crippen LogP contribution is 2.21. The lowest BCUT2D eigenvalue weighted by Crippen LogP contribution is -2.08. The molecule has 0 heterocycles. The van der Waals surface area contributed by atoms with Gasteiger partial charge in [0.1, 0.15) is 0 Å². The maximum atomic E-state index is 3.58. The summed E-state index contributed by atoms with van der Waals surface area (Å²) in [5, 5.41) is 3.58. The largest absolute Gasteiger partial charge is 0.384 e. The molecular formula is C18H23N. The summed E-state index contributed by atoms with van der Waals surface area (Å²) < 4.78 is 0. The third kappa shape index (κ3) is 3.37. The normalized spacial score (nSPS) is 10.5. The van der Waals surface area contributed by atoms with Crippen LogP contribution < -0.4 is 5.32 Å². The van der Waals surface area contributed by atoms with E-state index in [1.54, 1.807) is 0 Å². The van der Waals surface area contributed by atoms with Crippen molar-refractivity contribution < 1.29 is 0 Å². The molecular weight excluding hydrogens is 230 g/mol. The van der Waals surface area contributed by atoms with Gasteiger partial charge < -0.3 is 5.32 Å². The Balaban J connectivity index is 2.02. The molecule has 0 saturated heterocycles. The summed E-state index contributed by atoms with van der Waals surface area (Å²) in [6.45, 7) is 9.66. The Morgan fingerprint density at radius 1 is 0.842 bits per heavy atom. The molecule has 19 heavy (non-hydrogen) atoms. The molecule has 1 heteroatoms. The van der Waals surface area contributed by atoms with Crippen LogP contribution in [0.15, 0.2) is 36.4 Å². The van der Waals surface area contributed by atoms with Gasteiger partial charge in [0.05, 0.1) is 0 Å². The molecule has 0 atom stereocenters. The van der Waals surface area contributed by atoms with E-state index in [4.69, 9.17) is 0 Å². The summed E-state index contributed by atoms with van der Waals surface area (Å²) in [5.41, 5.74) is 8.10. The second kappa shape index (κ2) is 5.92. The standard InChI is InChI=1S/C18H23N/c1-13-11-15(3)18(16(4)12-13)19-10-9-17-8-6-5-7-14(17)2/h5-8,11-12,19H,9-10H2,1-4H3. The van der Waals surface area contributed by atoms with Crippen LogP contribution in [0, 0.1) is 27.7 Å². The zero-order chi connectivity index (χ0) is 13.8. The van der Waals surface area contributed by atoms with Crippen LogP contribution in [0.3, 0.4) is 0 Å². The average Bonchev–Trinajstić information content (AvgIpc) is 2.34. The number of rotatable bonds is 4. The first-order valence-electron chi connectivity index (χ1n) is 6.94. The molecule has 2 rings (SSSR count). The van der Waals surface area contributed by atoms with E-state index in [2.05, 4.69) is 69.4 Å². The third-order valence-electron chi connectivity index (χ3n) is 3.63. The van der Waals surface area contributed by atoms with E-state index < -0.39 is 0 Å². The van der Waals surface area contributed by atoms with Gasteiger partial charge in [-0.1, -0.05) is 42.0 Å². The fraction of sp³-hybridized carbons (Fsp3) is 0.333. The van der Waals surface area contributed by atoms with Crippen LogP contribution in [0.4, 0.5) is 5.69 Å². The minimum atomic E-state index is 0.982. The molecule has 0 aliphatic carbocycles. The number of aryl methyl sites for hydroxylation is 4. The Kier molecular flexibility index (Phi) is 4.26. The number of anilines is 1. The van der Waals surface area contributed by atoms with Crippen LogP contribution in [0.5, 0.6) is 0 Å². The average molecular weight is 253 g/mol. The first kappa shape index (κ1) is 13.7. The maximum absolute atomic E-state index is 3.58. The van der Waals surface area contributed by atoms with Crippen molar-refractivity contribution in [2.75, 3.05) is 11.9 Å². The smallest absolute Gasteiger partial charge is 0.0399 e. The summed E-state index contributed by atoms with van der Waals surface area (Å²) in [5.74, 6) is 0. The van der Waals surface area contributed by atoms with Gasteiger partial charge in [-0.3, -0.25) is 0 Å². The highest BCUT2D eigenvalue weighted by Gasteiger charge is 2.03. The zero-order valence-corrected chi connectivity index (χ0v) is 12.4. The van der Waals surface area contributed by atoms with E-state index in [0.717, 1.165) is 13.0 Å². The van der Waals surface area contributed by atoms with E-state index in [1.807, 2.05) is 0 Å². The van der Waals surface area contributed by atoms with Gasteiger partial charge in [-0.2, -0.15) is 0 Å². The molecule has 100 valence electrons. The minimum absolute atomic E-state index is 0.982. The molecule has 0 aliphatic heterocycles. The van der Waals surface area contributed by atoms with E-state index >= 15 is 0 Å². The van der Waals surface area contributed by atoms with Crippen LogP contribution >= 0.6 is 0 Å². The second-order valence-electron chi connectivity index (χ2n) is 5.38. The summed E-state index contributed by atoms with van der Waals surface area (Å²) in [4.78, 5) is 0. The third-order valence-corrected chi connectivity index (χ3v) is 3.63. The van der Waals surface area contributed by atoms with Gasteiger partial charge in [0.2, 0.25) is 0 Å². The van der Waals surface area contributed by atoms with E-state index in [9.17, 15) is 0 Å². The Hall–Kier alpha value is -1.76. The molecule has 0 spiro atoms. The molecule has 0 amide bonds. The number of hydrogen-bond donors (Lipinski definition) is 1. The van der Waals surface area contributed by atoms with Crippen LogP contribution in [0.1, 0.15) is 27.8 Å². The van der Waals surface area contributed by atoms with Gasteiger partial charge in [0.15, 0.2) is 0 Å². The van der Waals surface area contributed by atoms with Crippen molar-refractivity contribution in [3.63, 3.8) is 0 Å². The number of hydrogen-bond acceptors (Lipinski definition) is 1. The summed E-state index contributed by atoms with van der Waals surface area (Å²) in [7, 11) is 0. The minimum Gasteiger partial charge on any atom is -0.384 e. The predicted octanol–water partition coefficient (Wildman–Crippen LogP) is 4.57. The zero-order valence-electron chi connectivity index (χ0n) is 12.4. The van der Waals surface area contributed by atoms with Gasteiger partial charge in [-0.05, 0) is 56.4 Å². The molecule has 0 saturated carbocycles. The van der Waals surface area contributed by atoms with Crippen molar-refractivity contribution in [1.82, 2.24) is 0 Å². The summed E-state index contributed by atoms with van der Waals surface area (Å²) in [6.07, 6.45) is 1.07. The summed E-state index contributed by atoms with van der Waals surface area (Å²) in [6, 6.07) is 13.1. The molecule has 0 unspecified atom stereocenters. The molecule has 2 aromatic carbocycles. The van der Waals surface area contributed by atoms with Crippen LogP contribution in [0.25, 0.3) is 0 Å². The topological polar surface area (TPSA) is 12.0 Å². The summed E-state index contributed by atoms with van der Waals surface area (Å²) >= 11 is 0. The van der Waals surface area contributed by atoms with Gasteiger partial charge in [0.25, 0.3) is 0 Å². The van der Waals surface area contributed by atoms with Crippen LogP contribution in [-0.4, -0.2) is 6.54 Å². The van der Waals surface area contributed by atoms with Crippen molar-refractivity contribution in [2.45, 2.75) is 34.1 Å². The molecule has 0 fully saturated rings. The van der Waals surface area contributed by atoms with Crippen molar-refractivity contribution in [1.29, 1.82) is 0 Å². The van der Waals surface area contributed by atoms with E-state index in [-0.39, 0.29) is 0 Å². The first-order chi connectivity index (χ1) is 9.08. The Morgan fingerprint density at radius 2 is 1.47 bits per heavy atom. The monoisotopic (exact) mass is 253 g/mol. The molecule has 0 bridgehead atoms. The van der Waals surface area contributed by atoms with Gasteiger partial charge in [-0.15, -0.1) is 0 Å². The molecule has 0 aliphatic rings. The lowest BCUT2D eigenvalue weighted by Gasteiger charge is -2.14. The highest BCUT2D eigenvalue weighted by atomic mass is 14.9. The van der Waals surface area contributed by atoms with E-state index in [0.29, 0.717) is 0 Å². The van der Waals surface area contributed by atoms with Crippen LogP contribution in [-0.2, 0) is 6.42 Å². The van der Waals surface area contributed by atoms with Crippen molar-refractivity contribution in [2.24, 2.45) is 0 Å². The van der Waals surface area contributed by atoms with E-state index in [1.165, 1.54) is 33.5 Å². The predicted molar refractivity (Wildman–Crippen MR) is 84.0 cm³/mol. The fourth-order valence-electron chi connectivity index (χ4n) is 2.67. The fourth-order valence-corrected chi connectivity index (χ4v) is 2.67. The Labute approximate surface area is 116 Å². The molecule has 0 aromatic heterocycles. The highest BCUT2D eigenvalue weighted by molar-refractivity contribution is 5.58. The van der Waals surface area contributed by atoms with Crippen molar-refractivity contribution >= 4 is 5.69 Å². The second-order valence-corrected chi connectivity index (χ2v) is 5.38. The first-order valence-corrected chi connectivity index (χ1v) is 6.94. The molecule has 0 radical (unpaired) electrons. The van der Waals surface area contributed by atoms with Crippen molar-refractivity contribution in [3.05, 3.63) is 64.2 Å². The quantitative estimate of drug-likeness (QED) is 0.841. The Morgan fingerprint density at radius 3 is 2.11 bits per heavy atom. The Bertz CT molecular complexity index is 547. The number of benzene rings is 2. The number of nitrogens with one attached hydrogen (secondary N) is 1. The lowest BCUT2D eigenvalue weighted by molar-refractivity contribution is 0.999. The SMILES string of the molecule is Cc1cc(C)c(NCCc2ccccc2C)c(C)c1. The van der Waals surface area contributed by atoms with Gasteiger partial charge in [0, 0.05) is 12.2 Å².